The average Bonchev–Trinajstić information content (AvgIpc) is 1.66. The topological polar surface area (TPSA) is 38.0 Å². The molecule has 0 aliphatic rings. The highest BCUT2D eigenvalue weighted by molar-refractivity contribution is 7.98. The molecule has 0 fully saturated rings. The standard InChI is InChI=1S/C5H14N2S/c1-5(6)7-3-4-8-2/h5,7H,3-4,6H2,1-2H3. The lowest BCUT2D eigenvalue weighted by Crippen LogP contribution is -2.35. The lowest BCUT2D eigenvalue weighted by Gasteiger charge is -2.05. The molecule has 0 heterocycles. The van der Waals surface area contributed by atoms with Gasteiger partial charge in [-0.1, -0.05) is 0 Å². The van der Waals surface area contributed by atoms with Gasteiger partial charge in [0.05, 0.1) is 6.17 Å². The molecule has 50 valence electrons. The van der Waals surface area contributed by atoms with Crippen LogP contribution in [0.4, 0.5) is 0 Å². The van der Waals surface area contributed by atoms with Crippen LogP contribution in [-0.2, 0) is 0 Å². The lowest BCUT2D eigenvalue weighted by atomic mass is 10.6. The van der Waals surface area contributed by atoms with Crippen LogP contribution in [0, 0.1) is 0 Å². The summed E-state index contributed by atoms with van der Waals surface area (Å²) in [7, 11) is 0. The molecule has 0 radical (unpaired) electrons. The molecule has 3 N–H and O–H groups in total. The molecule has 0 saturated carbocycles. The maximum atomic E-state index is 5.41. The lowest BCUT2D eigenvalue weighted by molar-refractivity contribution is 0.592. The van der Waals surface area contributed by atoms with Crippen LogP contribution >= 0.6 is 11.8 Å². The Kier molecular flexibility index (Phi) is 5.59. The smallest absolute Gasteiger partial charge is 0.0517 e. The van der Waals surface area contributed by atoms with Gasteiger partial charge in [0.2, 0.25) is 0 Å². The van der Waals surface area contributed by atoms with Crippen LogP contribution in [0.1, 0.15) is 6.92 Å². The monoisotopic (exact) mass is 134 g/mol. The van der Waals surface area contributed by atoms with E-state index in [4.69, 9.17) is 5.73 Å². The van der Waals surface area contributed by atoms with Crippen molar-refractivity contribution < 1.29 is 0 Å². The Balaban J connectivity index is 2.72. The third-order valence-electron chi connectivity index (χ3n) is 0.772. The minimum absolute atomic E-state index is 0.141. The van der Waals surface area contributed by atoms with Crippen LogP contribution in [0.15, 0.2) is 0 Å². The van der Waals surface area contributed by atoms with E-state index in [0.717, 1.165) is 12.3 Å². The Labute approximate surface area is 55.2 Å². The maximum Gasteiger partial charge on any atom is 0.0517 e. The Bertz CT molecular complexity index is 47.7. The van der Waals surface area contributed by atoms with Crippen molar-refractivity contribution in [3.8, 4) is 0 Å². The van der Waals surface area contributed by atoms with Gasteiger partial charge in [-0.15, -0.1) is 0 Å². The first-order valence-electron chi connectivity index (χ1n) is 2.75. The van der Waals surface area contributed by atoms with Crippen LogP contribution in [-0.4, -0.2) is 24.7 Å². The van der Waals surface area contributed by atoms with Crippen molar-refractivity contribution in [2.75, 3.05) is 18.6 Å². The highest BCUT2D eigenvalue weighted by atomic mass is 32.2. The van der Waals surface area contributed by atoms with Crippen molar-refractivity contribution >= 4 is 11.8 Å². The highest BCUT2D eigenvalue weighted by Gasteiger charge is 1.87. The molecule has 0 aliphatic heterocycles. The van der Waals surface area contributed by atoms with Crippen molar-refractivity contribution in [1.29, 1.82) is 0 Å². The van der Waals surface area contributed by atoms with E-state index in [1.54, 1.807) is 0 Å². The van der Waals surface area contributed by atoms with Crippen molar-refractivity contribution in [2.45, 2.75) is 13.1 Å². The summed E-state index contributed by atoms with van der Waals surface area (Å²) in [5, 5.41) is 3.10. The summed E-state index contributed by atoms with van der Waals surface area (Å²) >= 11 is 1.83. The van der Waals surface area contributed by atoms with E-state index in [9.17, 15) is 0 Å². The number of hydrogen-bond donors (Lipinski definition) is 2. The van der Waals surface area contributed by atoms with E-state index < -0.39 is 0 Å². The van der Waals surface area contributed by atoms with Gasteiger partial charge in [0.1, 0.15) is 0 Å². The van der Waals surface area contributed by atoms with Gasteiger partial charge in [0.25, 0.3) is 0 Å². The third-order valence-corrected chi connectivity index (χ3v) is 1.38. The molecule has 1 unspecified atom stereocenters. The second-order valence-corrected chi connectivity index (χ2v) is 2.72. The fourth-order valence-corrected chi connectivity index (χ4v) is 0.711. The van der Waals surface area contributed by atoms with Crippen LogP contribution in [0.25, 0.3) is 0 Å². The molecule has 0 amide bonds. The molecule has 8 heavy (non-hydrogen) atoms. The van der Waals surface area contributed by atoms with Crippen molar-refractivity contribution in [3.63, 3.8) is 0 Å². The summed E-state index contributed by atoms with van der Waals surface area (Å²) < 4.78 is 0. The Morgan fingerprint density at radius 1 is 1.75 bits per heavy atom. The molecule has 0 saturated heterocycles. The molecule has 0 aromatic rings. The van der Waals surface area contributed by atoms with E-state index in [-0.39, 0.29) is 6.17 Å². The zero-order chi connectivity index (χ0) is 6.41. The maximum absolute atomic E-state index is 5.41. The minimum Gasteiger partial charge on any atom is -0.316 e. The number of hydrogen-bond acceptors (Lipinski definition) is 3. The SMILES string of the molecule is CSCCNC(C)N. The number of thioether (sulfide) groups is 1. The van der Waals surface area contributed by atoms with Crippen molar-refractivity contribution in [3.05, 3.63) is 0 Å². The van der Waals surface area contributed by atoms with Gasteiger partial charge >= 0.3 is 0 Å². The molecule has 1 atom stereocenters. The molecular weight excluding hydrogens is 120 g/mol. The molecular formula is C5H14N2S. The van der Waals surface area contributed by atoms with Crippen molar-refractivity contribution in [1.82, 2.24) is 5.32 Å². The second kappa shape index (κ2) is 5.41. The first-order valence-corrected chi connectivity index (χ1v) is 4.14. The molecule has 0 aliphatic carbocycles. The second-order valence-electron chi connectivity index (χ2n) is 1.74. The van der Waals surface area contributed by atoms with Crippen LogP contribution < -0.4 is 11.1 Å². The Hall–Kier alpha value is 0.270. The van der Waals surface area contributed by atoms with Gasteiger partial charge in [-0.25, -0.2) is 0 Å². The van der Waals surface area contributed by atoms with Gasteiger partial charge in [-0.2, -0.15) is 11.8 Å². The zero-order valence-corrected chi connectivity index (χ0v) is 6.29. The van der Waals surface area contributed by atoms with Gasteiger partial charge in [-0.3, -0.25) is 0 Å². The van der Waals surface area contributed by atoms with E-state index in [1.165, 1.54) is 0 Å². The van der Waals surface area contributed by atoms with Crippen LogP contribution in [0.5, 0.6) is 0 Å². The van der Waals surface area contributed by atoms with Gasteiger partial charge < -0.3 is 11.1 Å². The molecule has 0 aromatic heterocycles. The first kappa shape index (κ1) is 8.27. The molecule has 0 aromatic carbocycles. The number of nitrogens with one attached hydrogen (secondary N) is 1. The normalized spacial score (nSPS) is 13.9. The van der Waals surface area contributed by atoms with E-state index in [2.05, 4.69) is 11.6 Å². The highest BCUT2D eigenvalue weighted by Crippen LogP contribution is 1.86. The molecule has 0 bridgehead atoms. The molecule has 3 heteroatoms. The quantitative estimate of drug-likeness (QED) is 0.427. The molecule has 0 rings (SSSR count). The molecule has 2 nitrogen and oxygen atoms in total. The summed E-state index contributed by atoms with van der Waals surface area (Å²) in [6, 6.07) is 0. The largest absolute Gasteiger partial charge is 0.316 e. The fourth-order valence-electron chi connectivity index (χ4n) is 0.389. The summed E-state index contributed by atoms with van der Waals surface area (Å²) in [4.78, 5) is 0. The first-order chi connectivity index (χ1) is 3.77. The summed E-state index contributed by atoms with van der Waals surface area (Å²) in [6.07, 6.45) is 2.23. The van der Waals surface area contributed by atoms with Crippen LogP contribution in [0.2, 0.25) is 0 Å². The van der Waals surface area contributed by atoms with Gasteiger partial charge in [0, 0.05) is 12.3 Å². The van der Waals surface area contributed by atoms with E-state index >= 15 is 0 Å². The Morgan fingerprint density at radius 2 is 2.38 bits per heavy atom. The third kappa shape index (κ3) is 6.27. The van der Waals surface area contributed by atoms with Crippen LogP contribution in [0.3, 0.4) is 0 Å². The molecule has 0 spiro atoms. The van der Waals surface area contributed by atoms with Crippen molar-refractivity contribution in [2.24, 2.45) is 5.73 Å². The van der Waals surface area contributed by atoms with E-state index in [0.29, 0.717) is 0 Å². The van der Waals surface area contributed by atoms with E-state index in [1.807, 2.05) is 18.7 Å². The number of nitrogens with two attached hydrogens (primary N) is 1. The summed E-state index contributed by atoms with van der Waals surface area (Å²) in [5.74, 6) is 1.14. The Morgan fingerprint density at radius 3 is 2.75 bits per heavy atom. The predicted octanol–water partition coefficient (Wildman–Crippen LogP) is 0.244. The predicted molar refractivity (Wildman–Crippen MR) is 40.0 cm³/mol. The zero-order valence-electron chi connectivity index (χ0n) is 5.48. The average molecular weight is 134 g/mol. The fraction of sp³-hybridized carbons (Fsp3) is 1.00. The van der Waals surface area contributed by atoms with Gasteiger partial charge in [-0.05, 0) is 13.2 Å². The minimum atomic E-state index is 0.141. The summed E-state index contributed by atoms with van der Waals surface area (Å²) in [6.45, 7) is 2.96. The number of rotatable bonds is 4. The summed E-state index contributed by atoms with van der Waals surface area (Å²) in [5.41, 5.74) is 5.41. The van der Waals surface area contributed by atoms with Gasteiger partial charge in [0.15, 0.2) is 0 Å².